The van der Waals surface area contributed by atoms with Gasteiger partial charge in [0.25, 0.3) is 0 Å². The highest BCUT2D eigenvalue weighted by Gasteiger charge is 2.48. The molecule has 5 atom stereocenters. The molecule has 1 saturated heterocycles. The highest BCUT2D eigenvalue weighted by Crippen LogP contribution is 2.51. The summed E-state index contributed by atoms with van der Waals surface area (Å²) in [5, 5.41) is 13.2. The molecule has 1 aliphatic heterocycles. The number of amides is 2. The van der Waals surface area contributed by atoms with Crippen LogP contribution in [0.1, 0.15) is 19.4 Å². The van der Waals surface area contributed by atoms with Crippen molar-refractivity contribution in [3.63, 3.8) is 0 Å². The third-order valence-electron chi connectivity index (χ3n) is 3.69. The summed E-state index contributed by atoms with van der Waals surface area (Å²) in [6.45, 7) is 2.79. The maximum absolute atomic E-state index is 12.1. The molecule has 0 bridgehead atoms. The van der Waals surface area contributed by atoms with Crippen molar-refractivity contribution in [2.24, 2.45) is 0 Å². The van der Waals surface area contributed by atoms with Gasteiger partial charge in [-0.1, -0.05) is 30.3 Å². The number of carboxylic acid groups (broad SMARTS) is 1. The average molecular weight is 416 g/mol. The summed E-state index contributed by atoms with van der Waals surface area (Å²) >= 11 is 0. The number of rotatable bonds is 9. The number of carbonyl (C=O) groups excluding carboxylic acids is 2. The van der Waals surface area contributed by atoms with Gasteiger partial charge in [0.15, 0.2) is 6.29 Å². The van der Waals surface area contributed by atoms with Crippen LogP contribution in [0.3, 0.4) is 0 Å². The molecule has 28 heavy (non-hydrogen) atoms. The quantitative estimate of drug-likeness (QED) is 0.336. The third kappa shape index (κ3) is 6.31. The van der Waals surface area contributed by atoms with E-state index in [0.717, 1.165) is 5.56 Å². The van der Waals surface area contributed by atoms with Crippen LogP contribution in [0.4, 0.5) is 4.79 Å². The van der Waals surface area contributed by atoms with Crippen molar-refractivity contribution < 1.29 is 42.9 Å². The van der Waals surface area contributed by atoms with Gasteiger partial charge in [-0.3, -0.25) is 13.9 Å². The summed E-state index contributed by atoms with van der Waals surface area (Å²) in [7, 11) is -4.77. The van der Waals surface area contributed by atoms with Gasteiger partial charge in [-0.2, -0.15) is 0 Å². The molecule has 0 saturated carbocycles. The number of benzene rings is 1. The minimum Gasteiger partial charge on any atom is -0.479 e. The number of hydrogen-bond donors (Lipinski definition) is 4. The molecule has 2 amide bonds. The van der Waals surface area contributed by atoms with E-state index in [1.165, 1.54) is 6.92 Å². The number of carboxylic acids is 1. The molecule has 4 N–H and O–H groups in total. The summed E-state index contributed by atoms with van der Waals surface area (Å²) in [5.41, 5.74) is 0.732. The van der Waals surface area contributed by atoms with Crippen molar-refractivity contribution in [2.75, 3.05) is 0 Å². The predicted octanol–water partition coefficient (Wildman–Crippen LogP) is 0.775. The van der Waals surface area contributed by atoms with Gasteiger partial charge in [-0.15, -0.1) is 0 Å². The average Bonchev–Trinajstić information content (AvgIpc) is 3.31. The molecule has 0 aliphatic carbocycles. The second-order valence-electron chi connectivity index (χ2n) is 6.06. The summed E-state index contributed by atoms with van der Waals surface area (Å²) in [6, 6.07) is 7.58. The first-order valence-corrected chi connectivity index (χ1v) is 9.91. The number of alkyl carbamates (subject to hydrolysis) is 1. The first kappa shape index (κ1) is 21.8. The highest BCUT2D eigenvalue weighted by molar-refractivity contribution is 7.54. The van der Waals surface area contributed by atoms with Crippen LogP contribution in [0, 0.1) is 0 Å². The van der Waals surface area contributed by atoms with Crippen molar-refractivity contribution in [2.45, 2.75) is 44.7 Å². The molecule has 154 valence electrons. The largest absolute Gasteiger partial charge is 0.479 e. The van der Waals surface area contributed by atoms with Crippen molar-refractivity contribution in [1.29, 1.82) is 0 Å². The van der Waals surface area contributed by atoms with Gasteiger partial charge in [-0.25, -0.2) is 9.59 Å². The molecular formula is C16H21N2O9P. The van der Waals surface area contributed by atoms with E-state index >= 15 is 0 Å². The summed E-state index contributed by atoms with van der Waals surface area (Å²) < 4.78 is 26.6. The van der Waals surface area contributed by atoms with Crippen LogP contribution in [-0.2, 0) is 34.8 Å². The molecule has 1 aliphatic rings. The SMILES string of the molecule is C[C@H](NC(=O)OCc1ccccc1)C(=O)NC(C(=O)O)P(=O)(O)O[C@@H]1O[C@@H]1C. The molecule has 12 heteroatoms. The Kier molecular flexibility index (Phi) is 7.14. The summed E-state index contributed by atoms with van der Waals surface area (Å²) in [5.74, 6) is -5.00. The molecule has 1 aromatic carbocycles. The maximum Gasteiger partial charge on any atom is 0.408 e. The van der Waals surface area contributed by atoms with Crippen molar-refractivity contribution in [1.82, 2.24) is 10.6 Å². The fourth-order valence-electron chi connectivity index (χ4n) is 2.04. The van der Waals surface area contributed by atoms with Gasteiger partial charge in [0.2, 0.25) is 11.7 Å². The molecule has 1 fully saturated rings. The second kappa shape index (κ2) is 9.16. The Morgan fingerprint density at radius 1 is 1.25 bits per heavy atom. The van der Waals surface area contributed by atoms with Gasteiger partial charge in [-0.05, 0) is 19.4 Å². The van der Waals surface area contributed by atoms with Crippen LogP contribution in [-0.4, -0.2) is 52.2 Å². The zero-order chi connectivity index (χ0) is 20.9. The standard InChI is InChI=1S/C16H21N2O9P/c1-9(17-16(22)25-8-11-6-4-3-5-7-11)12(19)18-13(14(20)21)28(23,24)27-15-10(2)26-15/h3-7,9-10,13,15H,8H2,1-2H3,(H,17,22)(H,18,19)(H,20,21)(H,23,24)/t9-,10+,13?,15-/m0/s1. The van der Waals surface area contributed by atoms with Crippen molar-refractivity contribution in [3.05, 3.63) is 35.9 Å². The zero-order valence-electron chi connectivity index (χ0n) is 15.1. The molecule has 0 spiro atoms. The Morgan fingerprint density at radius 2 is 1.86 bits per heavy atom. The van der Waals surface area contributed by atoms with Crippen LogP contribution in [0.5, 0.6) is 0 Å². The van der Waals surface area contributed by atoms with Crippen LogP contribution in [0.2, 0.25) is 0 Å². The number of carbonyl (C=O) groups is 3. The Bertz CT molecular complexity index is 773. The highest BCUT2D eigenvalue weighted by atomic mass is 31.2. The van der Waals surface area contributed by atoms with Gasteiger partial charge >= 0.3 is 19.7 Å². The van der Waals surface area contributed by atoms with E-state index in [0.29, 0.717) is 0 Å². The van der Waals surface area contributed by atoms with Gasteiger partial charge in [0, 0.05) is 0 Å². The van der Waals surface area contributed by atoms with E-state index in [1.54, 1.807) is 37.3 Å². The second-order valence-corrected chi connectivity index (χ2v) is 7.91. The van der Waals surface area contributed by atoms with Gasteiger partial charge in [0.1, 0.15) is 18.8 Å². The smallest absolute Gasteiger partial charge is 0.408 e. The lowest BCUT2D eigenvalue weighted by Crippen LogP contribution is -2.50. The van der Waals surface area contributed by atoms with E-state index in [2.05, 4.69) is 5.32 Å². The minimum atomic E-state index is -4.77. The normalized spacial score (nSPS) is 22.2. The van der Waals surface area contributed by atoms with E-state index in [-0.39, 0.29) is 6.61 Å². The predicted molar refractivity (Wildman–Crippen MR) is 94.0 cm³/mol. The fraction of sp³-hybridized carbons (Fsp3) is 0.438. The molecule has 2 unspecified atom stereocenters. The molecule has 0 radical (unpaired) electrons. The summed E-state index contributed by atoms with van der Waals surface area (Å²) in [6.07, 6.45) is -2.38. The van der Waals surface area contributed by atoms with E-state index in [9.17, 15) is 23.8 Å². The maximum atomic E-state index is 12.1. The van der Waals surface area contributed by atoms with Crippen molar-refractivity contribution >= 4 is 25.6 Å². The monoisotopic (exact) mass is 416 g/mol. The minimum absolute atomic E-state index is 0.0297. The molecule has 0 aromatic heterocycles. The third-order valence-corrected chi connectivity index (χ3v) is 5.20. The molecule has 1 aromatic rings. The zero-order valence-corrected chi connectivity index (χ0v) is 16.0. The van der Waals surface area contributed by atoms with Crippen LogP contribution in [0.15, 0.2) is 30.3 Å². The lowest BCUT2D eigenvalue weighted by molar-refractivity contribution is -0.140. The van der Waals surface area contributed by atoms with Crippen LogP contribution >= 0.6 is 7.60 Å². The molecule has 2 rings (SSSR count). The number of aliphatic carboxylic acids is 1. The van der Waals surface area contributed by atoms with E-state index in [4.69, 9.17) is 19.1 Å². The number of nitrogens with one attached hydrogen (secondary N) is 2. The van der Waals surface area contributed by atoms with Crippen molar-refractivity contribution in [3.8, 4) is 0 Å². The van der Waals surface area contributed by atoms with E-state index in [1.807, 2.05) is 5.32 Å². The Labute approximate surface area is 160 Å². The number of ether oxygens (including phenoxy) is 2. The first-order chi connectivity index (χ1) is 13.1. The lowest BCUT2D eigenvalue weighted by Gasteiger charge is -2.21. The Hall–Kier alpha value is -2.46. The fourth-order valence-corrected chi connectivity index (χ4v) is 3.25. The van der Waals surface area contributed by atoms with Gasteiger partial charge < -0.3 is 30.1 Å². The number of epoxide rings is 1. The number of hydrogen-bond acceptors (Lipinski definition) is 7. The molecule has 11 nitrogen and oxygen atoms in total. The molecule has 1 heterocycles. The van der Waals surface area contributed by atoms with Crippen LogP contribution < -0.4 is 10.6 Å². The topological polar surface area (TPSA) is 164 Å². The Balaban J connectivity index is 1.87. The van der Waals surface area contributed by atoms with Crippen LogP contribution in [0.25, 0.3) is 0 Å². The lowest BCUT2D eigenvalue weighted by atomic mass is 10.2. The molecular weight excluding hydrogens is 395 g/mol. The van der Waals surface area contributed by atoms with E-state index < -0.39 is 49.8 Å². The Morgan fingerprint density at radius 3 is 2.39 bits per heavy atom. The summed E-state index contributed by atoms with van der Waals surface area (Å²) in [4.78, 5) is 45.0. The first-order valence-electron chi connectivity index (χ1n) is 8.27. The van der Waals surface area contributed by atoms with Gasteiger partial charge in [0.05, 0.1) is 0 Å².